The first-order chi connectivity index (χ1) is 12.2. The summed E-state index contributed by atoms with van der Waals surface area (Å²) in [6, 6.07) is 14.5. The van der Waals surface area contributed by atoms with Crippen LogP contribution in [0, 0.1) is 17.0 Å². The van der Waals surface area contributed by atoms with Gasteiger partial charge in [-0.3, -0.25) is 10.1 Å². The van der Waals surface area contributed by atoms with Crippen molar-refractivity contribution in [2.75, 3.05) is 23.7 Å². The topological polar surface area (TPSA) is 111 Å². The van der Waals surface area contributed by atoms with E-state index in [0.717, 1.165) is 11.3 Å². The SMILES string of the molecule is Cc1cccc([N+](=O)[O-])c1NCCNc1nnnn1-c1ccccc1. The molecule has 1 aromatic heterocycles. The van der Waals surface area contributed by atoms with Gasteiger partial charge in [0.1, 0.15) is 5.69 Å². The van der Waals surface area contributed by atoms with Gasteiger partial charge in [-0.2, -0.15) is 4.68 Å². The summed E-state index contributed by atoms with van der Waals surface area (Å²) in [5, 5.41) is 28.9. The lowest BCUT2D eigenvalue weighted by Crippen LogP contribution is -2.17. The fourth-order valence-corrected chi connectivity index (χ4v) is 2.44. The van der Waals surface area contributed by atoms with Crippen molar-refractivity contribution in [3.63, 3.8) is 0 Å². The molecule has 3 aromatic rings. The molecule has 2 N–H and O–H groups in total. The first kappa shape index (κ1) is 16.4. The van der Waals surface area contributed by atoms with E-state index in [1.54, 1.807) is 10.7 Å². The molecule has 0 saturated carbocycles. The first-order valence-electron chi connectivity index (χ1n) is 7.72. The fourth-order valence-electron chi connectivity index (χ4n) is 2.44. The molecule has 0 amide bonds. The zero-order chi connectivity index (χ0) is 17.6. The molecule has 0 unspecified atom stereocenters. The monoisotopic (exact) mass is 339 g/mol. The van der Waals surface area contributed by atoms with Crippen molar-refractivity contribution in [1.29, 1.82) is 0 Å². The van der Waals surface area contributed by atoms with Crippen LogP contribution in [0.15, 0.2) is 48.5 Å². The maximum absolute atomic E-state index is 11.1. The Balaban J connectivity index is 1.62. The zero-order valence-electron chi connectivity index (χ0n) is 13.6. The number of nitro groups is 1. The van der Waals surface area contributed by atoms with E-state index in [9.17, 15) is 10.1 Å². The molecule has 0 aliphatic rings. The molecule has 128 valence electrons. The number of aryl methyl sites for hydroxylation is 1. The van der Waals surface area contributed by atoms with Gasteiger partial charge in [0, 0.05) is 19.2 Å². The highest BCUT2D eigenvalue weighted by Crippen LogP contribution is 2.27. The second kappa shape index (κ2) is 7.39. The molecule has 1 heterocycles. The summed E-state index contributed by atoms with van der Waals surface area (Å²) in [4.78, 5) is 10.7. The first-order valence-corrected chi connectivity index (χ1v) is 7.72. The van der Waals surface area contributed by atoms with Crippen molar-refractivity contribution in [2.45, 2.75) is 6.92 Å². The Morgan fingerprint density at radius 2 is 1.84 bits per heavy atom. The van der Waals surface area contributed by atoms with Gasteiger partial charge in [-0.05, 0) is 35.0 Å². The molecule has 9 nitrogen and oxygen atoms in total. The Labute approximate surface area is 143 Å². The smallest absolute Gasteiger partial charge is 0.292 e. The van der Waals surface area contributed by atoms with Crippen LogP contribution in [0.1, 0.15) is 5.56 Å². The minimum absolute atomic E-state index is 0.0640. The third kappa shape index (κ3) is 3.71. The average Bonchev–Trinajstić information content (AvgIpc) is 3.08. The number of benzene rings is 2. The van der Waals surface area contributed by atoms with Crippen LogP contribution in [-0.4, -0.2) is 38.2 Å². The normalized spacial score (nSPS) is 10.4. The molecule has 0 bridgehead atoms. The number of hydrogen-bond donors (Lipinski definition) is 2. The van der Waals surface area contributed by atoms with Crippen LogP contribution in [0.2, 0.25) is 0 Å². The van der Waals surface area contributed by atoms with E-state index in [-0.39, 0.29) is 5.69 Å². The van der Waals surface area contributed by atoms with E-state index in [4.69, 9.17) is 0 Å². The van der Waals surface area contributed by atoms with E-state index in [1.165, 1.54) is 6.07 Å². The maximum atomic E-state index is 11.1. The molecule has 0 aliphatic heterocycles. The summed E-state index contributed by atoms with van der Waals surface area (Å²) >= 11 is 0. The van der Waals surface area contributed by atoms with Crippen LogP contribution in [0.3, 0.4) is 0 Å². The number of rotatable bonds is 7. The van der Waals surface area contributed by atoms with Crippen LogP contribution in [0.5, 0.6) is 0 Å². The maximum Gasteiger partial charge on any atom is 0.292 e. The largest absolute Gasteiger partial charge is 0.378 e. The van der Waals surface area contributed by atoms with Crippen molar-refractivity contribution in [3.05, 3.63) is 64.2 Å². The fraction of sp³-hybridized carbons (Fsp3) is 0.188. The van der Waals surface area contributed by atoms with Gasteiger partial charge in [0.05, 0.1) is 10.6 Å². The second-order valence-corrected chi connectivity index (χ2v) is 5.33. The Morgan fingerprint density at radius 1 is 1.08 bits per heavy atom. The van der Waals surface area contributed by atoms with Gasteiger partial charge in [0.25, 0.3) is 5.69 Å². The summed E-state index contributed by atoms with van der Waals surface area (Å²) in [5.41, 5.74) is 2.26. The van der Waals surface area contributed by atoms with Gasteiger partial charge in [0.15, 0.2) is 0 Å². The highest BCUT2D eigenvalue weighted by Gasteiger charge is 2.14. The molecule has 25 heavy (non-hydrogen) atoms. The third-order valence-electron chi connectivity index (χ3n) is 3.63. The van der Waals surface area contributed by atoms with Gasteiger partial charge in [0.2, 0.25) is 5.95 Å². The number of para-hydroxylation sites is 2. The predicted octanol–water partition coefficient (Wildman–Crippen LogP) is 2.40. The van der Waals surface area contributed by atoms with Crippen LogP contribution in [-0.2, 0) is 0 Å². The van der Waals surface area contributed by atoms with Crippen molar-refractivity contribution in [2.24, 2.45) is 0 Å². The summed E-state index contributed by atoms with van der Waals surface area (Å²) in [6.07, 6.45) is 0. The molecule has 0 radical (unpaired) electrons. The number of nitrogens with zero attached hydrogens (tertiary/aromatic N) is 5. The summed E-state index contributed by atoms with van der Waals surface area (Å²) in [6.45, 7) is 2.81. The number of anilines is 2. The number of tetrazole rings is 1. The van der Waals surface area contributed by atoms with Crippen molar-refractivity contribution in [1.82, 2.24) is 20.2 Å². The van der Waals surface area contributed by atoms with E-state index in [2.05, 4.69) is 26.2 Å². The van der Waals surface area contributed by atoms with Gasteiger partial charge in [-0.25, -0.2) is 0 Å². The van der Waals surface area contributed by atoms with Gasteiger partial charge < -0.3 is 10.6 Å². The van der Waals surface area contributed by atoms with Crippen molar-refractivity contribution >= 4 is 17.3 Å². The van der Waals surface area contributed by atoms with Crippen LogP contribution < -0.4 is 10.6 Å². The van der Waals surface area contributed by atoms with Gasteiger partial charge >= 0.3 is 0 Å². The lowest BCUT2D eigenvalue weighted by Gasteiger charge is -2.11. The van der Waals surface area contributed by atoms with Crippen molar-refractivity contribution < 1.29 is 4.92 Å². The molecular formula is C16H17N7O2. The summed E-state index contributed by atoms with van der Waals surface area (Å²) < 4.78 is 1.59. The van der Waals surface area contributed by atoms with E-state index < -0.39 is 4.92 Å². The molecule has 0 atom stereocenters. The zero-order valence-corrected chi connectivity index (χ0v) is 13.6. The summed E-state index contributed by atoms with van der Waals surface area (Å²) in [5.74, 6) is 0.507. The molecule has 0 aliphatic carbocycles. The standard InChI is InChI=1S/C16H17N7O2/c1-12-6-5-9-14(23(24)25)15(12)17-10-11-18-16-19-20-21-22(16)13-7-3-2-4-8-13/h2-9,17H,10-11H2,1H3,(H,18,19,21). The Morgan fingerprint density at radius 3 is 2.60 bits per heavy atom. The highest BCUT2D eigenvalue weighted by molar-refractivity contribution is 5.66. The molecule has 3 rings (SSSR count). The Kier molecular flexibility index (Phi) is 4.84. The number of hydrogen-bond acceptors (Lipinski definition) is 7. The predicted molar refractivity (Wildman–Crippen MR) is 94.0 cm³/mol. The Hall–Kier alpha value is -3.49. The number of aromatic nitrogens is 4. The van der Waals surface area contributed by atoms with Gasteiger partial charge in [-0.15, -0.1) is 0 Å². The van der Waals surface area contributed by atoms with Gasteiger partial charge in [-0.1, -0.05) is 35.4 Å². The van der Waals surface area contributed by atoms with Crippen molar-refractivity contribution in [3.8, 4) is 5.69 Å². The lowest BCUT2D eigenvalue weighted by atomic mass is 10.1. The summed E-state index contributed by atoms with van der Waals surface area (Å²) in [7, 11) is 0. The van der Waals surface area contributed by atoms with E-state index in [1.807, 2.05) is 43.3 Å². The quantitative estimate of drug-likeness (QED) is 0.386. The Bertz CT molecular complexity index is 864. The molecule has 0 saturated heterocycles. The van der Waals surface area contributed by atoms with E-state index in [0.29, 0.717) is 24.7 Å². The molecule has 0 fully saturated rings. The van der Waals surface area contributed by atoms with Crippen LogP contribution in [0.4, 0.5) is 17.3 Å². The highest BCUT2D eigenvalue weighted by atomic mass is 16.6. The average molecular weight is 339 g/mol. The number of nitrogens with one attached hydrogen (secondary N) is 2. The third-order valence-corrected chi connectivity index (χ3v) is 3.63. The van der Waals surface area contributed by atoms with Crippen LogP contribution >= 0.6 is 0 Å². The minimum atomic E-state index is -0.390. The molecule has 2 aromatic carbocycles. The molecule has 0 spiro atoms. The molecular weight excluding hydrogens is 322 g/mol. The second-order valence-electron chi connectivity index (χ2n) is 5.33. The molecule has 9 heteroatoms. The number of nitro benzene ring substituents is 1. The van der Waals surface area contributed by atoms with Crippen LogP contribution in [0.25, 0.3) is 5.69 Å². The lowest BCUT2D eigenvalue weighted by molar-refractivity contribution is -0.384. The minimum Gasteiger partial charge on any atom is -0.378 e. The van der Waals surface area contributed by atoms with E-state index >= 15 is 0 Å².